The van der Waals surface area contributed by atoms with Crippen LogP contribution in [0, 0.1) is 0 Å². The highest BCUT2D eigenvalue weighted by molar-refractivity contribution is 5.31. The molecule has 1 aromatic rings. The first-order valence-corrected chi connectivity index (χ1v) is 6.30. The zero-order valence-corrected chi connectivity index (χ0v) is 10.3. The van der Waals surface area contributed by atoms with Crippen LogP contribution in [0.2, 0.25) is 0 Å². The van der Waals surface area contributed by atoms with Gasteiger partial charge in [-0.3, -0.25) is 0 Å². The lowest BCUT2D eigenvalue weighted by Crippen LogP contribution is -2.32. The maximum Gasteiger partial charge on any atom is 0.119 e. The molecule has 1 aromatic carbocycles. The topological polar surface area (TPSA) is 38.7 Å². The van der Waals surface area contributed by atoms with Gasteiger partial charge >= 0.3 is 0 Å². The van der Waals surface area contributed by atoms with Crippen molar-refractivity contribution >= 4 is 0 Å². The Kier molecular flexibility index (Phi) is 3.89. The lowest BCUT2D eigenvalue weighted by molar-refractivity contribution is 0.00140. The molecule has 0 bridgehead atoms. The highest BCUT2D eigenvalue weighted by Gasteiger charge is 2.31. The van der Waals surface area contributed by atoms with Crippen molar-refractivity contribution in [3.8, 4) is 11.5 Å². The highest BCUT2D eigenvalue weighted by Crippen LogP contribution is 2.30. The van der Waals surface area contributed by atoms with E-state index in [4.69, 9.17) is 9.47 Å². The molecule has 1 fully saturated rings. The third-order valence-corrected chi connectivity index (χ3v) is 3.18. The van der Waals surface area contributed by atoms with Gasteiger partial charge in [-0.1, -0.05) is 12.8 Å². The number of hydrogen-bond donors (Lipinski definition) is 1. The molecule has 94 valence electrons. The normalized spacial score (nSPS) is 18.0. The summed E-state index contributed by atoms with van der Waals surface area (Å²) in [5.74, 6) is 1.63. The molecule has 0 amide bonds. The van der Waals surface area contributed by atoms with Crippen molar-refractivity contribution in [3.63, 3.8) is 0 Å². The van der Waals surface area contributed by atoms with Gasteiger partial charge in [-0.15, -0.1) is 0 Å². The van der Waals surface area contributed by atoms with Crippen LogP contribution in [0.25, 0.3) is 0 Å². The second-order valence-corrected chi connectivity index (χ2v) is 4.62. The standard InChI is InChI=1S/C14H20O3/c1-2-16-12-5-7-13(8-6-12)17-11-14(15)9-3-4-10-14/h5-8,15H,2-4,9-11H2,1H3. The Morgan fingerprint density at radius 2 is 1.59 bits per heavy atom. The van der Waals surface area contributed by atoms with E-state index in [2.05, 4.69) is 0 Å². The van der Waals surface area contributed by atoms with E-state index in [-0.39, 0.29) is 0 Å². The van der Waals surface area contributed by atoms with Crippen LogP contribution < -0.4 is 9.47 Å². The summed E-state index contributed by atoms with van der Waals surface area (Å²) in [6.45, 7) is 3.01. The summed E-state index contributed by atoms with van der Waals surface area (Å²) in [5.41, 5.74) is -0.613. The molecule has 0 saturated heterocycles. The molecule has 0 heterocycles. The third-order valence-electron chi connectivity index (χ3n) is 3.18. The van der Waals surface area contributed by atoms with E-state index in [0.29, 0.717) is 13.2 Å². The summed E-state index contributed by atoms with van der Waals surface area (Å²) in [5, 5.41) is 10.1. The first-order chi connectivity index (χ1) is 8.22. The Morgan fingerprint density at radius 1 is 1.06 bits per heavy atom. The molecule has 17 heavy (non-hydrogen) atoms. The molecule has 1 saturated carbocycles. The average molecular weight is 236 g/mol. The fourth-order valence-electron chi connectivity index (χ4n) is 2.19. The van der Waals surface area contributed by atoms with Crippen LogP contribution in [0.4, 0.5) is 0 Å². The Labute approximate surface area is 102 Å². The van der Waals surface area contributed by atoms with Crippen molar-refractivity contribution < 1.29 is 14.6 Å². The number of aliphatic hydroxyl groups is 1. The Balaban J connectivity index is 1.86. The minimum Gasteiger partial charge on any atom is -0.494 e. The van der Waals surface area contributed by atoms with Crippen LogP contribution in [-0.2, 0) is 0 Å². The maximum absolute atomic E-state index is 10.1. The molecule has 0 aromatic heterocycles. The van der Waals surface area contributed by atoms with Crippen molar-refractivity contribution in [2.45, 2.75) is 38.2 Å². The summed E-state index contributed by atoms with van der Waals surface area (Å²) < 4.78 is 11.0. The van der Waals surface area contributed by atoms with Gasteiger partial charge in [0.1, 0.15) is 18.1 Å². The minimum absolute atomic E-state index is 0.390. The molecule has 1 N–H and O–H groups in total. The third kappa shape index (κ3) is 3.37. The Bertz CT molecular complexity index is 339. The minimum atomic E-state index is -0.613. The summed E-state index contributed by atoms with van der Waals surface area (Å²) in [7, 11) is 0. The van der Waals surface area contributed by atoms with E-state index in [1.807, 2.05) is 31.2 Å². The van der Waals surface area contributed by atoms with E-state index in [9.17, 15) is 5.11 Å². The van der Waals surface area contributed by atoms with Crippen LogP contribution in [0.3, 0.4) is 0 Å². The molecule has 3 heteroatoms. The number of hydrogen-bond acceptors (Lipinski definition) is 3. The molecule has 0 aliphatic heterocycles. The molecular weight excluding hydrogens is 216 g/mol. The van der Waals surface area contributed by atoms with E-state index in [1.54, 1.807) is 0 Å². The van der Waals surface area contributed by atoms with Crippen LogP contribution in [0.1, 0.15) is 32.6 Å². The number of ether oxygens (including phenoxy) is 2. The highest BCUT2D eigenvalue weighted by atomic mass is 16.5. The lowest BCUT2D eigenvalue weighted by atomic mass is 10.0. The second-order valence-electron chi connectivity index (χ2n) is 4.62. The zero-order chi connectivity index (χ0) is 12.1. The smallest absolute Gasteiger partial charge is 0.119 e. The van der Waals surface area contributed by atoms with Crippen LogP contribution >= 0.6 is 0 Å². The van der Waals surface area contributed by atoms with Gasteiger partial charge in [0.2, 0.25) is 0 Å². The number of benzene rings is 1. The molecule has 0 spiro atoms. The van der Waals surface area contributed by atoms with Crippen molar-refractivity contribution in [1.82, 2.24) is 0 Å². The monoisotopic (exact) mass is 236 g/mol. The van der Waals surface area contributed by atoms with Gasteiger partial charge < -0.3 is 14.6 Å². The predicted molar refractivity (Wildman–Crippen MR) is 66.5 cm³/mol. The van der Waals surface area contributed by atoms with E-state index >= 15 is 0 Å². The van der Waals surface area contributed by atoms with Gasteiger partial charge in [0.15, 0.2) is 0 Å². The van der Waals surface area contributed by atoms with Crippen molar-refractivity contribution in [2.75, 3.05) is 13.2 Å². The van der Waals surface area contributed by atoms with Gasteiger partial charge in [-0.2, -0.15) is 0 Å². The summed E-state index contributed by atoms with van der Waals surface area (Å²) >= 11 is 0. The predicted octanol–water partition coefficient (Wildman–Crippen LogP) is 2.77. The van der Waals surface area contributed by atoms with E-state index < -0.39 is 5.60 Å². The first-order valence-electron chi connectivity index (χ1n) is 6.30. The summed E-state index contributed by atoms with van der Waals surface area (Å²) in [6.07, 6.45) is 3.90. The van der Waals surface area contributed by atoms with Gasteiger partial charge in [-0.05, 0) is 44.0 Å². The molecule has 0 radical (unpaired) electrons. The fraction of sp³-hybridized carbons (Fsp3) is 0.571. The maximum atomic E-state index is 10.1. The molecule has 0 atom stereocenters. The molecule has 2 rings (SSSR count). The van der Waals surface area contributed by atoms with Crippen LogP contribution in [0.5, 0.6) is 11.5 Å². The number of rotatable bonds is 5. The second kappa shape index (κ2) is 5.41. The van der Waals surface area contributed by atoms with Crippen molar-refractivity contribution in [3.05, 3.63) is 24.3 Å². The van der Waals surface area contributed by atoms with Gasteiger partial charge in [0.25, 0.3) is 0 Å². The molecule has 1 aliphatic rings. The van der Waals surface area contributed by atoms with Crippen LogP contribution in [0.15, 0.2) is 24.3 Å². The SMILES string of the molecule is CCOc1ccc(OCC2(O)CCCC2)cc1. The van der Waals surface area contributed by atoms with E-state index in [1.165, 1.54) is 0 Å². The van der Waals surface area contributed by atoms with Gasteiger partial charge in [0, 0.05) is 0 Å². The van der Waals surface area contributed by atoms with Crippen LogP contribution in [-0.4, -0.2) is 23.9 Å². The molecule has 1 aliphatic carbocycles. The van der Waals surface area contributed by atoms with E-state index in [0.717, 1.165) is 37.2 Å². The van der Waals surface area contributed by atoms with Crippen molar-refractivity contribution in [1.29, 1.82) is 0 Å². The Hall–Kier alpha value is -1.22. The molecule has 3 nitrogen and oxygen atoms in total. The zero-order valence-electron chi connectivity index (χ0n) is 10.3. The summed E-state index contributed by atoms with van der Waals surface area (Å²) in [4.78, 5) is 0. The largest absolute Gasteiger partial charge is 0.494 e. The van der Waals surface area contributed by atoms with Gasteiger partial charge in [0.05, 0.1) is 12.2 Å². The Morgan fingerprint density at radius 3 is 2.12 bits per heavy atom. The summed E-state index contributed by atoms with van der Waals surface area (Å²) in [6, 6.07) is 7.53. The fourth-order valence-corrected chi connectivity index (χ4v) is 2.19. The lowest BCUT2D eigenvalue weighted by Gasteiger charge is -2.22. The van der Waals surface area contributed by atoms with Gasteiger partial charge in [-0.25, -0.2) is 0 Å². The average Bonchev–Trinajstić information content (AvgIpc) is 2.76. The first kappa shape index (κ1) is 12.2. The van der Waals surface area contributed by atoms with Crippen molar-refractivity contribution in [2.24, 2.45) is 0 Å². The molecule has 0 unspecified atom stereocenters. The quantitative estimate of drug-likeness (QED) is 0.854. The molecular formula is C14H20O3.